The minimum Gasteiger partial charge on any atom is -0.710 e. The Kier molecular flexibility index (Phi) is 2.55. The van der Waals surface area contributed by atoms with Crippen LogP contribution in [0.25, 0.3) is 0 Å². The van der Waals surface area contributed by atoms with Crippen LogP contribution in [0.15, 0.2) is 46.9 Å². The molecular weight excluding hydrogens is 196 g/mol. The van der Waals surface area contributed by atoms with Crippen LogP contribution in [0.2, 0.25) is 0 Å². The van der Waals surface area contributed by atoms with Gasteiger partial charge in [0.1, 0.15) is 0 Å². The maximum absolute atomic E-state index is 11.2. The third kappa shape index (κ3) is 1.97. The van der Waals surface area contributed by atoms with Crippen molar-refractivity contribution in [2.75, 3.05) is 0 Å². The Bertz CT molecular complexity index is 437. The molecule has 0 bridgehead atoms. The summed E-state index contributed by atoms with van der Waals surface area (Å²) in [5.74, 6) is 0.404. The summed E-state index contributed by atoms with van der Waals surface area (Å²) in [5.41, 5.74) is 0. The van der Waals surface area contributed by atoms with E-state index in [1.165, 1.54) is 6.20 Å². The van der Waals surface area contributed by atoms with Crippen LogP contribution in [0.1, 0.15) is 4.88 Å². The molecule has 2 heterocycles. The van der Waals surface area contributed by atoms with E-state index >= 15 is 0 Å². The molecule has 14 heavy (non-hydrogen) atoms. The molecule has 3 nitrogen and oxygen atoms in total. The minimum atomic E-state index is 0.404. The van der Waals surface area contributed by atoms with E-state index in [9.17, 15) is 5.21 Å². The van der Waals surface area contributed by atoms with Crippen molar-refractivity contribution in [2.45, 2.75) is 0 Å². The van der Waals surface area contributed by atoms with E-state index in [1.807, 2.05) is 17.5 Å². The standard InChI is InChI=1S/C10H8N2OS/c13-12-6-2-1-5-10(12)11-8-9-4-3-7-14-9/h1-8H. The Morgan fingerprint density at radius 1 is 1.29 bits per heavy atom. The maximum Gasteiger partial charge on any atom is 0.325 e. The molecule has 2 aromatic heterocycles. The Labute approximate surface area is 85.6 Å². The minimum absolute atomic E-state index is 0.404. The Balaban J connectivity index is 2.23. The highest BCUT2D eigenvalue weighted by Crippen LogP contribution is 2.08. The first-order valence-electron chi connectivity index (χ1n) is 4.12. The fourth-order valence-electron chi connectivity index (χ4n) is 1.01. The van der Waals surface area contributed by atoms with Gasteiger partial charge < -0.3 is 5.21 Å². The third-order valence-electron chi connectivity index (χ3n) is 1.67. The summed E-state index contributed by atoms with van der Waals surface area (Å²) in [6, 6.07) is 9.04. The number of thiophene rings is 1. The second-order valence-electron chi connectivity index (χ2n) is 2.66. The quantitative estimate of drug-likeness (QED) is 0.419. The van der Waals surface area contributed by atoms with E-state index in [0.29, 0.717) is 5.82 Å². The van der Waals surface area contributed by atoms with Crippen molar-refractivity contribution in [1.82, 2.24) is 0 Å². The summed E-state index contributed by atoms with van der Waals surface area (Å²) >= 11 is 1.59. The average molecular weight is 204 g/mol. The molecule has 0 aliphatic rings. The van der Waals surface area contributed by atoms with Crippen LogP contribution in [0.3, 0.4) is 0 Å². The molecule has 0 saturated carbocycles. The van der Waals surface area contributed by atoms with Gasteiger partial charge in [-0.1, -0.05) is 12.1 Å². The first-order valence-corrected chi connectivity index (χ1v) is 5.00. The van der Waals surface area contributed by atoms with Gasteiger partial charge in [-0.05, 0) is 22.5 Å². The van der Waals surface area contributed by atoms with E-state index in [4.69, 9.17) is 0 Å². The summed E-state index contributed by atoms with van der Waals surface area (Å²) in [6.07, 6.45) is 3.12. The largest absolute Gasteiger partial charge is 0.710 e. The monoisotopic (exact) mass is 204 g/mol. The van der Waals surface area contributed by atoms with Gasteiger partial charge in [-0.25, -0.2) is 4.73 Å². The number of nitrogens with zero attached hydrogens (tertiary/aromatic N) is 2. The van der Waals surface area contributed by atoms with Gasteiger partial charge in [0.05, 0.1) is 11.1 Å². The summed E-state index contributed by atoms with van der Waals surface area (Å²) in [6.45, 7) is 0. The van der Waals surface area contributed by atoms with E-state index in [1.54, 1.807) is 35.8 Å². The van der Waals surface area contributed by atoms with Crippen molar-refractivity contribution in [3.05, 3.63) is 52.0 Å². The number of hydrogen-bond acceptors (Lipinski definition) is 3. The van der Waals surface area contributed by atoms with Crippen molar-refractivity contribution in [2.24, 2.45) is 4.99 Å². The fourth-order valence-corrected chi connectivity index (χ4v) is 1.60. The Morgan fingerprint density at radius 3 is 2.93 bits per heavy atom. The number of rotatable bonds is 2. The molecule has 0 fully saturated rings. The SMILES string of the molecule is [O-][n+]1ccccc1N=Cc1cccs1. The van der Waals surface area contributed by atoms with Crippen LogP contribution in [-0.2, 0) is 0 Å². The molecule has 4 heteroatoms. The van der Waals surface area contributed by atoms with Crippen LogP contribution in [0.5, 0.6) is 0 Å². The molecule has 0 atom stereocenters. The Hall–Kier alpha value is -1.68. The predicted molar refractivity (Wildman–Crippen MR) is 57.0 cm³/mol. The van der Waals surface area contributed by atoms with Gasteiger partial charge in [0.2, 0.25) is 0 Å². The lowest BCUT2D eigenvalue weighted by Gasteiger charge is -1.99. The molecule has 0 saturated heterocycles. The first-order chi connectivity index (χ1) is 6.86. The van der Waals surface area contributed by atoms with Crippen molar-refractivity contribution in [3.8, 4) is 0 Å². The highest BCUT2D eigenvalue weighted by atomic mass is 32.1. The summed E-state index contributed by atoms with van der Waals surface area (Å²) in [5, 5.41) is 13.2. The molecule has 0 aromatic carbocycles. The molecule has 0 aliphatic heterocycles. The van der Waals surface area contributed by atoms with Crippen LogP contribution in [0, 0.1) is 5.21 Å². The fraction of sp³-hybridized carbons (Fsp3) is 0. The molecular formula is C10H8N2OS. The van der Waals surface area contributed by atoms with Crippen molar-refractivity contribution < 1.29 is 4.73 Å². The van der Waals surface area contributed by atoms with Crippen LogP contribution < -0.4 is 4.73 Å². The summed E-state index contributed by atoms with van der Waals surface area (Å²) < 4.78 is 0.740. The maximum atomic E-state index is 11.2. The molecule has 2 aromatic rings. The predicted octanol–water partition coefficient (Wildman–Crippen LogP) is 2.13. The van der Waals surface area contributed by atoms with Gasteiger partial charge >= 0.3 is 5.82 Å². The normalized spacial score (nSPS) is 10.9. The van der Waals surface area contributed by atoms with E-state index in [2.05, 4.69) is 4.99 Å². The van der Waals surface area contributed by atoms with Crippen LogP contribution in [-0.4, -0.2) is 6.21 Å². The third-order valence-corrected chi connectivity index (χ3v) is 2.48. The van der Waals surface area contributed by atoms with Gasteiger partial charge in [0.15, 0.2) is 6.21 Å². The molecule has 0 amide bonds. The molecule has 0 radical (unpaired) electrons. The zero-order valence-corrected chi connectivity index (χ0v) is 8.15. The zero-order chi connectivity index (χ0) is 9.80. The molecule has 2 rings (SSSR count). The van der Waals surface area contributed by atoms with Gasteiger partial charge in [-0.3, -0.25) is 0 Å². The molecule has 0 unspecified atom stereocenters. The highest BCUT2D eigenvalue weighted by Gasteiger charge is 1.99. The lowest BCUT2D eigenvalue weighted by molar-refractivity contribution is -0.591. The van der Waals surface area contributed by atoms with Gasteiger partial charge in [-0.15, -0.1) is 11.3 Å². The lowest BCUT2D eigenvalue weighted by atomic mass is 10.4. The summed E-state index contributed by atoms with van der Waals surface area (Å²) in [4.78, 5) is 5.12. The second kappa shape index (κ2) is 4.02. The lowest BCUT2D eigenvalue weighted by Crippen LogP contribution is -2.24. The highest BCUT2D eigenvalue weighted by molar-refractivity contribution is 7.11. The molecule has 70 valence electrons. The summed E-state index contributed by atoms with van der Waals surface area (Å²) in [7, 11) is 0. The van der Waals surface area contributed by atoms with Gasteiger partial charge in [0.25, 0.3) is 0 Å². The van der Waals surface area contributed by atoms with Gasteiger partial charge in [0, 0.05) is 6.07 Å². The van der Waals surface area contributed by atoms with E-state index in [-0.39, 0.29) is 0 Å². The number of aromatic nitrogens is 1. The molecule has 0 aliphatic carbocycles. The van der Waals surface area contributed by atoms with E-state index in [0.717, 1.165) is 9.61 Å². The topological polar surface area (TPSA) is 39.3 Å². The van der Waals surface area contributed by atoms with Gasteiger partial charge in [-0.2, -0.15) is 0 Å². The van der Waals surface area contributed by atoms with Crippen molar-refractivity contribution in [1.29, 1.82) is 0 Å². The van der Waals surface area contributed by atoms with E-state index < -0.39 is 0 Å². The number of hydrogen-bond donors (Lipinski definition) is 0. The molecule has 0 spiro atoms. The smallest absolute Gasteiger partial charge is 0.325 e. The molecule has 0 N–H and O–H groups in total. The van der Waals surface area contributed by atoms with Crippen molar-refractivity contribution >= 4 is 23.4 Å². The van der Waals surface area contributed by atoms with Crippen molar-refractivity contribution in [3.63, 3.8) is 0 Å². The van der Waals surface area contributed by atoms with Crippen LogP contribution >= 0.6 is 11.3 Å². The second-order valence-corrected chi connectivity index (χ2v) is 3.64. The first kappa shape index (κ1) is 8.90. The number of pyridine rings is 1. The van der Waals surface area contributed by atoms with Crippen LogP contribution in [0.4, 0.5) is 5.82 Å². The Morgan fingerprint density at radius 2 is 2.21 bits per heavy atom. The zero-order valence-electron chi connectivity index (χ0n) is 7.33. The number of aliphatic imine (C=N–C) groups is 1. The average Bonchev–Trinajstić information content (AvgIpc) is 2.69.